The first kappa shape index (κ1) is 43.4. The number of ketones is 1. The zero-order chi connectivity index (χ0) is 47.2. The minimum atomic E-state index is -0.336. The van der Waals surface area contributed by atoms with Gasteiger partial charge in [0.15, 0.2) is 17.3 Å². The van der Waals surface area contributed by atoms with Gasteiger partial charge < -0.3 is 19.3 Å². The summed E-state index contributed by atoms with van der Waals surface area (Å²) in [5.41, 5.74) is 7.24. The van der Waals surface area contributed by atoms with Crippen molar-refractivity contribution in [2.24, 2.45) is 20.5 Å². The summed E-state index contributed by atoms with van der Waals surface area (Å²) in [7, 11) is 6.40. The summed E-state index contributed by atoms with van der Waals surface area (Å²) in [6.45, 7) is 1.98. The fraction of sp³-hybridized carbons (Fsp3) is 0.0893. The van der Waals surface area contributed by atoms with Gasteiger partial charge in [0.05, 0.1) is 47.4 Å². The third kappa shape index (κ3) is 7.48. The Bertz CT molecular complexity index is 3640. The molecule has 0 bridgehead atoms. The molecule has 0 aromatic heterocycles. The van der Waals surface area contributed by atoms with E-state index in [0.717, 1.165) is 54.7 Å². The highest BCUT2D eigenvalue weighted by molar-refractivity contribution is 6.34. The van der Waals surface area contributed by atoms with Gasteiger partial charge in [-0.2, -0.15) is 5.11 Å². The number of rotatable bonds is 10. The number of benzene rings is 9. The first-order chi connectivity index (χ1) is 33.1. The van der Waals surface area contributed by atoms with E-state index in [1.807, 2.05) is 128 Å². The predicted molar refractivity (Wildman–Crippen MR) is 270 cm³/mol. The number of anilines is 2. The van der Waals surface area contributed by atoms with Gasteiger partial charge in [0.25, 0.3) is 11.8 Å². The van der Waals surface area contributed by atoms with Crippen molar-refractivity contribution in [2.75, 3.05) is 38.1 Å². The van der Waals surface area contributed by atoms with Gasteiger partial charge in [-0.05, 0) is 89.0 Å². The fourth-order valence-corrected chi connectivity index (χ4v) is 9.23. The predicted octanol–water partition coefficient (Wildman–Crippen LogP) is 14.7. The number of azo groups is 2. The molecule has 0 unspecified atom stereocenters. The molecule has 332 valence electrons. The highest BCUT2D eigenvalue weighted by Gasteiger charge is 2.28. The summed E-state index contributed by atoms with van der Waals surface area (Å²) < 4.78 is 11.8. The molecular weight excluding hydrogens is 872 g/mol. The Labute approximate surface area is 396 Å². The van der Waals surface area contributed by atoms with E-state index in [2.05, 4.69) is 5.11 Å². The van der Waals surface area contributed by atoms with Crippen molar-refractivity contribution < 1.29 is 23.9 Å². The molecule has 0 spiro atoms. The minimum Gasteiger partial charge on any atom is -0.494 e. The summed E-state index contributed by atoms with van der Waals surface area (Å²) in [4.78, 5) is 45.7. The van der Waals surface area contributed by atoms with Crippen LogP contribution in [0.5, 0.6) is 11.5 Å². The largest absolute Gasteiger partial charge is 0.494 e. The molecule has 1 aliphatic carbocycles. The van der Waals surface area contributed by atoms with Crippen LogP contribution >= 0.6 is 11.6 Å². The zero-order valence-corrected chi connectivity index (χ0v) is 38.4. The van der Waals surface area contributed by atoms with Crippen LogP contribution in [-0.2, 0) is 0 Å². The fourth-order valence-electron chi connectivity index (χ4n) is 8.96. The molecule has 0 saturated heterocycles. The second-order valence-electron chi connectivity index (χ2n) is 16.4. The monoisotopic (exact) mass is 912 g/mol. The van der Waals surface area contributed by atoms with E-state index in [-0.39, 0.29) is 29.1 Å². The van der Waals surface area contributed by atoms with Crippen LogP contribution in [0.4, 0.5) is 34.1 Å². The van der Waals surface area contributed by atoms with Crippen molar-refractivity contribution >= 4 is 95.6 Å². The number of ether oxygens (including phenoxy) is 2. The maximum atomic E-state index is 14.5. The van der Waals surface area contributed by atoms with Crippen LogP contribution in [0.15, 0.2) is 178 Å². The topological polar surface area (TPSA) is 126 Å². The van der Waals surface area contributed by atoms with E-state index >= 15 is 0 Å². The summed E-state index contributed by atoms with van der Waals surface area (Å²) in [5.74, 6) is -0.236. The van der Waals surface area contributed by atoms with Crippen molar-refractivity contribution in [1.29, 1.82) is 0 Å². The van der Waals surface area contributed by atoms with E-state index in [1.165, 1.54) is 19.1 Å². The summed E-state index contributed by atoms with van der Waals surface area (Å²) in [5, 5.41) is 23.9. The Balaban J connectivity index is 1.01. The first-order valence-electron chi connectivity index (χ1n) is 21.7. The number of amides is 2. The van der Waals surface area contributed by atoms with Gasteiger partial charge in [-0.25, -0.2) is 0 Å². The molecule has 0 N–H and O–H groups in total. The number of para-hydroxylation sites is 1. The summed E-state index contributed by atoms with van der Waals surface area (Å²) in [6, 6.07) is 48.5. The number of carbonyl (C=O) groups excluding carboxylic acids is 3. The zero-order valence-electron chi connectivity index (χ0n) is 37.6. The lowest BCUT2D eigenvalue weighted by Gasteiger charge is -2.21. The minimum absolute atomic E-state index is 0.180. The number of nitrogens with zero attached hydrogens (tertiary/aromatic N) is 6. The van der Waals surface area contributed by atoms with Crippen LogP contribution in [0.2, 0.25) is 5.02 Å². The SMILES string of the molecule is COc1c(C(=O)N(C)c2cccc(C)c2)cc2ccccc2c1N=Nc1ccc2c(c1)C(=O)c1cccc3c(N=Nc4c(OC)c(C(=O)N(C)c5ccccc5Cl)cc5ccccc45)ccc-2c13. The third-order valence-electron chi connectivity index (χ3n) is 12.4. The number of aryl methyl sites for hydroxylation is 1. The Morgan fingerprint density at radius 3 is 1.78 bits per heavy atom. The highest BCUT2D eigenvalue weighted by atomic mass is 35.5. The van der Waals surface area contributed by atoms with Gasteiger partial charge in [-0.1, -0.05) is 115 Å². The Hall–Kier alpha value is -8.54. The molecular formula is C56H41ClN6O5. The third-order valence-corrected chi connectivity index (χ3v) is 12.7. The van der Waals surface area contributed by atoms with Crippen LogP contribution in [0.1, 0.15) is 42.2 Å². The van der Waals surface area contributed by atoms with Gasteiger partial charge in [0, 0.05) is 52.5 Å². The lowest BCUT2D eigenvalue weighted by atomic mass is 9.82. The van der Waals surface area contributed by atoms with Gasteiger partial charge >= 0.3 is 0 Å². The molecule has 0 heterocycles. The number of carbonyl (C=O) groups is 3. The smallest absolute Gasteiger partial charge is 0.261 e. The van der Waals surface area contributed by atoms with Gasteiger partial charge in [0.1, 0.15) is 11.4 Å². The van der Waals surface area contributed by atoms with E-state index in [9.17, 15) is 14.4 Å². The number of hydrogen-bond donors (Lipinski definition) is 0. The maximum Gasteiger partial charge on any atom is 0.261 e. The van der Waals surface area contributed by atoms with Crippen LogP contribution < -0.4 is 19.3 Å². The molecule has 0 aliphatic heterocycles. The number of halogens is 1. The van der Waals surface area contributed by atoms with Gasteiger partial charge in [0.2, 0.25) is 0 Å². The average molecular weight is 913 g/mol. The summed E-state index contributed by atoms with van der Waals surface area (Å²) >= 11 is 6.49. The molecule has 11 nitrogen and oxygen atoms in total. The van der Waals surface area contributed by atoms with Crippen molar-refractivity contribution in [3.63, 3.8) is 0 Å². The van der Waals surface area contributed by atoms with Gasteiger partial charge in [-0.15, -0.1) is 15.3 Å². The van der Waals surface area contributed by atoms with Crippen molar-refractivity contribution in [1.82, 2.24) is 0 Å². The maximum absolute atomic E-state index is 14.5. The van der Waals surface area contributed by atoms with E-state index in [0.29, 0.717) is 55.7 Å². The molecule has 68 heavy (non-hydrogen) atoms. The second kappa shape index (κ2) is 17.7. The lowest BCUT2D eigenvalue weighted by molar-refractivity contribution is 0.0982. The summed E-state index contributed by atoms with van der Waals surface area (Å²) in [6.07, 6.45) is 0. The standard InChI is InChI=1S/C56H41ClN6O5/c1-32-14-12-17-36(28-32)62(2)55(65)44-29-33-15-6-8-18-37(33)50(53(44)67-4)60-58-35-24-25-39-40-26-27-47(41-20-13-21-42(49(40)41)52(64)43(39)31-35)59-61-51-38-19-9-7-16-34(38)30-45(54(51)68-5)56(66)63(3)48-23-11-10-22-46(48)57/h6-31H,1-5H3. The van der Waals surface area contributed by atoms with E-state index in [4.69, 9.17) is 36.4 Å². The molecule has 9 aromatic carbocycles. The van der Waals surface area contributed by atoms with Crippen molar-refractivity contribution in [3.05, 3.63) is 191 Å². The first-order valence-corrected chi connectivity index (χ1v) is 22.1. The Morgan fingerprint density at radius 2 is 1.12 bits per heavy atom. The average Bonchev–Trinajstić information content (AvgIpc) is 3.37. The molecule has 10 rings (SSSR count). The normalized spacial score (nSPS) is 12.0. The van der Waals surface area contributed by atoms with E-state index in [1.54, 1.807) is 55.4 Å². The molecule has 9 aromatic rings. The highest BCUT2D eigenvalue weighted by Crippen LogP contribution is 2.47. The molecule has 1 aliphatic rings. The van der Waals surface area contributed by atoms with Crippen LogP contribution in [0, 0.1) is 6.92 Å². The Morgan fingerprint density at radius 1 is 0.529 bits per heavy atom. The lowest BCUT2D eigenvalue weighted by Crippen LogP contribution is -2.27. The molecule has 2 amide bonds. The molecule has 0 fully saturated rings. The molecule has 0 saturated carbocycles. The quantitative estimate of drug-likeness (QED) is 0.126. The van der Waals surface area contributed by atoms with E-state index < -0.39 is 0 Å². The van der Waals surface area contributed by atoms with Crippen LogP contribution in [0.25, 0.3) is 43.4 Å². The van der Waals surface area contributed by atoms with Crippen LogP contribution in [-0.4, -0.2) is 45.9 Å². The number of fused-ring (bicyclic) bond motifs is 4. The molecule has 0 radical (unpaired) electrons. The number of hydrogen-bond acceptors (Lipinski definition) is 9. The Kier molecular flexibility index (Phi) is 11.3. The van der Waals surface area contributed by atoms with Gasteiger partial charge in [-0.3, -0.25) is 14.4 Å². The molecule has 0 atom stereocenters. The second-order valence-corrected chi connectivity index (χ2v) is 16.8. The molecule has 12 heteroatoms. The van der Waals surface area contributed by atoms with Crippen molar-refractivity contribution in [3.8, 4) is 22.6 Å². The van der Waals surface area contributed by atoms with Crippen molar-refractivity contribution in [2.45, 2.75) is 6.92 Å². The van der Waals surface area contributed by atoms with Crippen LogP contribution in [0.3, 0.4) is 0 Å². The number of methoxy groups -OCH3 is 2.